The lowest BCUT2D eigenvalue weighted by molar-refractivity contribution is 0.179. The van der Waals surface area contributed by atoms with E-state index in [9.17, 15) is 4.79 Å². The summed E-state index contributed by atoms with van der Waals surface area (Å²) < 4.78 is 11.5. The quantitative estimate of drug-likeness (QED) is 0.813. The third-order valence-corrected chi connectivity index (χ3v) is 5.29. The maximum absolute atomic E-state index is 12.0. The van der Waals surface area contributed by atoms with Gasteiger partial charge in [0.1, 0.15) is 17.9 Å². The van der Waals surface area contributed by atoms with E-state index in [4.69, 9.17) is 9.15 Å². The van der Waals surface area contributed by atoms with Gasteiger partial charge in [-0.2, -0.15) is 0 Å². The molecular formula is C19H23NO3. The molecule has 1 unspecified atom stereocenters. The Morgan fingerprint density at radius 1 is 1.26 bits per heavy atom. The van der Waals surface area contributed by atoms with Crippen molar-refractivity contribution in [1.29, 1.82) is 0 Å². The molecule has 4 rings (SSSR count). The molecule has 0 amide bonds. The molecule has 0 radical (unpaired) electrons. The van der Waals surface area contributed by atoms with Crippen LogP contribution >= 0.6 is 0 Å². The molecule has 1 aromatic carbocycles. The van der Waals surface area contributed by atoms with Gasteiger partial charge in [0.05, 0.1) is 0 Å². The zero-order chi connectivity index (χ0) is 15.8. The van der Waals surface area contributed by atoms with Gasteiger partial charge in [-0.15, -0.1) is 0 Å². The number of hydrogen-bond acceptors (Lipinski definition) is 4. The number of ether oxygens (including phenoxy) is 1. The molecule has 4 nitrogen and oxygen atoms in total. The smallest absolute Gasteiger partial charge is 0.339 e. The van der Waals surface area contributed by atoms with E-state index in [1.54, 1.807) is 0 Å². The Labute approximate surface area is 136 Å². The van der Waals surface area contributed by atoms with Crippen LogP contribution in [0.2, 0.25) is 0 Å². The second-order valence-electron chi connectivity index (χ2n) is 6.59. The summed E-state index contributed by atoms with van der Waals surface area (Å²) in [6.45, 7) is 5.21. The van der Waals surface area contributed by atoms with Crippen molar-refractivity contribution in [2.45, 2.75) is 45.1 Å². The first-order valence-electron chi connectivity index (χ1n) is 8.71. The van der Waals surface area contributed by atoms with Crippen molar-refractivity contribution in [3.63, 3.8) is 0 Å². The molecule has 1 fully saturated rings. The standard InChI is InChI=1S/C19H23NO3/c1-2-20-10-4-5-13(20)12-22-14-8-9-18-17(11-14)15-6-3-7-16(15)19(21)23-18/h8-9,11,13H,2-7,10,12H2,1H3. The number of aryl methyl sites for hydroxylation is 1. The molecule has 0 bridgehead atoms. The molecule has 23 heavy (non-hydrogen) atoms. The first-order valence-corrected chi connectivity index (χ1v) is 8.71. The highest BCUT2D eigenvalue weighted by Crippen LogP contribution is 2.30. The summed E-state index contributed by atoms with van der Waals surface area (Å²) in [6.07, 6.45) is 5.32. The number of likely N-dealkylation sites (tertiary alicyclic amines) is 1. The van der Waals surface area contributed by atoms with E-state index >= 15 is 0 Å². The largest absolute Gasteiger partial charge is 0.492 e. The van der Waals surface area contributed by atoms with E-state index in [2.05, 4.69) is 11.8 Å². The molecule has 0 spiro atoms. The van der Waals surface area contributed by atoms with Crippen LogP contribution in [-0.4, -0.2) is 30.6 Å². The summed E-state index contributed by atoms with van der Waals surface area (Å²) in [4.78, 5) is 14.5. The Hall–Kier alpha value is -1.81. The van der Waals surface area contributed by atoms with Crippen LogP contribution in [0.1, 0.15) is 37.3 Å². The fraction of sp³-hybridized carbons (Fsp3) is 0.526. The summed E-state index contributed by atoms with van der Waals surface area (Å²) in [5, 5.41) is 1.05. The van der Waals surface area contributed by atoms with Gasteiger partial charge in [0.2, 0.25) is 0 Å². The SMILES string of the molecule is CCN1CCCC1COc1ccc2oc(=O)c3c(c2c1)CCC3. The van der Waals surface area contributed by atoms with Crippen molar-refractivity contribution in [1.82, 2.24) is 4.90 Å². The lowest BCUT2D eigenvalue weighted by Crippen LogP contribution is -2.33. The van der Waals surface area contributed by atoms with Gasteiger partial charge in [-0.05, 0) is 69.0 Å². The van der Waals surface area contributed by atoms with Crippen LogP contribution < -0.4 is 10.4 Å². The Morgan fingerprint density at radius 3 is 3.00 bits per heavy atom. The number of benzene rings is 1. The minimum atomic E-state index is -0.164. The van der Waals surface area contributed by atoms with E-state index in [-0.39, 0.29) is 5.63 Å². The highest BCUT2D eigenvalue weighted by atomic mass is 16.5. The molecule has 2 aromatic rings. The van der Waals surface area contributed by atoms with Gasteiger partial charge in [0.25, 0.3) is 0 Å². The van der Waals surface area contributed by atoms with E-state index in [0.717, 1.165) is 54.7 Å². The number of hydrogen-bond donors (Lipinski definition) is 0. The number of nitrogens with zero attached hydrogens (tertiary/aromatic N) is 1. The third kappa shape index (κ3) is 2.65. The van der Waals surface area contributed by atoms with Gasteiger partial charge in [-0.3, -0.25) is 4.90 Å². The van der Waals surface area contributed by atoms with Gasteiger partial charge < -0.3 is 9.15 Å². The Morgan fingerprint density at radius 2 is 2.13 bits per heavy atom. The van der Waals surface area contributed by atoms with Crippen LogP contribution in [0.15, 0.2) is 27.4 Å². The molecule has 1 aromatic heterocycles. The van der Waals surface area contributed by atoms with Gasteiger partial charge in [-0.25, -0.2) is 4.79 Å². The van der Waals surface area contributed by atoms with Crippen LogP contribution in [0.5, 0.6) is 5.75 Å². The zero-order valence-electron chi connectivity index (χ0n) is 13.6. The number of likely N-dealkylation sites (N-methyl/N-ethyl adjacent to an activating group) is 1. The molecule has 1 saturated heterocycles. The lowest BCUT2D eigenvalue weighted by atomic mass is 10.1. The fourth-order valence-electron chi connectivity index (χ4n) is 4.04. The van der Waals surface area contributed by atoms with Crippen molar-refractivity contribution >= 4 is 11.0 Å². The van der Waals surface area contributed by atoms with Crippen LogP contribution in [0.4, 0.5) is 0 Å². The molecule has 2 aliphatic rings. The van der Waals surface area contributed by atoms with Gasteiger partial charge in [-0.1, -0.05) is 6.92 Å². The molecule has 4 heteroatoms. The Balaban J connectivity index is 1.59. The van der Waals surface area contributed by atoms with Gasteiger partial charge >= 0.3 is 5.63 Å². The van der Waals surface area contributed by atoms with Crippen molar-refractivity contribution in [2.75, 3.05) is 19.7 Å². The predicted octanol–water partition coefficient (Wildman–Crippen LogP) is 3.14. The van der Waals surface area contributed by atoms with E-state index in [1.165, 1.54) is 19.4 Å². The van der Waals surface area contributed by atoms with E-state index < -0.39 is 0 Å². The zero-order valence-corrected chi connectivity index (χ0v) is 13.6. The van der Waals surface area contributed by atoms with Crippen molar-refractivity contribution in [2.24, 2.45) is 0 Å². The van der Waals surface area contributed by atoms with Crippen molar-refractivity contribution < 1.29 is 9.15 Å². The topological polar surface area (TPSA) is 42.7 Å². The first-order chi connectivity index (χ1) is 11.3. The molecule has 1 aliphatic heterocycles. The van der Waals surface area contributed by atoms with E-state index in [0.29, 0.717) is 11.6 Å². The van der Waals surface area contributed by atoms with Gasteiger partial charge in [0.15, 0.2) is 0 Å². The molecule has 2 heterocycles. The second-order valence-corrected chi connectivity index (χ2v) is 6.59. The normalized spacial score (nSPS) is 21.0. The monoisotopic (exact) mass is 313 g/mol. The van der Waals surface area contributed by atoms with Crippen molar-refractivity contribution in [3.8, 4) is 5.75 Å². The minimum absolute atomic E-state index is 0.164. The average Bonchev–Trinajstić information content (AvgIpc) is 3.22. The van der Waals surface area contributed by atoms with Crippen LogP contribution in [0, 0.1) is 0 Å². The highest BCUT2D eigenvalue weighted by Gasteiger charge is 2.24. The summed E-state index contributed by atoms with van der Waals surface area (Å²) in [6, 6.07) is 6.36. The lowest BCUT2D eigenvalue weighted by Gasteiger charge is -2.22. The van der Waals surface area contributed by atoms with Crippen LogP contribution in [0.3, 0.4) is 0 Å². The maximum Gasteiger partial charge on any atom is 0.339 e. The van der Waals surface area contributed by atoms with Crippen molar-refractivity contribution in [3.05, 3.63) is 39.7 Å². The van der Waals surface area contributed by atoms with Crippen LogP contribution in [-0.2, 0) is 12.8 Å². The maximum atomic E-state index is 12.0. The molecule has 122 valence electrons. The van der Waals surface area contributed by atoms with E-state index in [1.807, 2.05) is 18.2 Å². The van der Waals surface area contributed by atoms with Gasteiger partial charge in [0, 0.05) is 17.0 Å². The first kappa shape index (κ1) is 14.8. The predicted molar refractivity (Wildman–Crippen MR) is 90.3 cm³/mol. The highest BCUT2D eigenvalue weighted by molar-refractivity contribution is 5.83. The second kappa shape index (κ2) is 6.00. The number of fused-ring (bicyclic) bond motifs is 3. The third-order valence-electron chi connectivity index (χ3n) is 5.29. The minimum Gasteiger partial charge on any atom is -0.492 e. The van der Waals surface area contributed by atoms with Crippen LogP contribution in [0.25, 0.3) is 11.0 Å². The Kier molecular flexibility index (Phi) is 3.85. The molecule has 1 atom stereocenters. The molecule has 0 N–H and O–H groups in total. The summed E-state index contributed by atoms with van der Waals surface area (Å²) in [5.41, 5.74) is 2.54. The fourth-order valence-corrected chi connectivity index (χ4v) is 4.04. The number of rotatable bonds is 4. The summed E-state index contributed by atoms with van der Waals surface area (Å²) in [5.74, 6) is 0.878. The molecular weight excluding hydrogens is 290 g/mol. The molecule has 0 saturated carbocycles. The molecule has 1 aliphatic carbocycles. The summed E-state index contributed by atoms with van der Waals surface area (Å²) >= 11 is 0. The Bertz CT molecular complexity index is 780. The average molecular weight is 313 g/mol. The summed E-state index contributed by atoms with van der Waals surface area (Å²) in [7, 11) is 0.